The number of hydrogen-bond acceptors (Lipinski definition) is 6. The van der Waals surface area contributed by atoms with Gasteiger partial charge in [-0.1, -0.05) is 22.9 Å². The Morgan fingerprint density at radius 3 is 2.54 bits per heavy atom. The number of carbonyl (C=O) groups is 2. The molecule has 8 nitrogen and oxygen atoms in total. The van der Waals surface area contributed by atoms with Gasteiger partial charge >= 0.3 is 0 Å². The van der Waals surface area contributed by atoms with E-state index in [0.717, 1.165) is 41.8 Å². The number of nitrogens with zero attached hydrogens (tertiary/aromatic N) is 3. The van der Waals surface area contributed by atoms with Gasteiger partial charge in [0.1, 0.15) is 5.82 Å². The Morgan fingerprint density at radius 1 is 1.11 bits per heavy atom. The second-order valence-electron chi connectivity index (χ2n) is 9.14. The van der Waals surface area contributed by atoms with Gasteiger partial charge in [0.15, 0.2) is 0 Å². The fourth-order valence-electron chi connectivity index (χ4n) is 4.52. The summed E-state index contributed by atoms with van der Waals surface area (Å²) in [6.07, 6.45) is 1.76. The quantitative estimate of drug-likeness (QED) is 0.536. The molecule has 184 valence electrons. The second-order valence-corrected chi connectivity index (χ2v) is 9.14. The maximum atomic E-state index is 13.2. The lowest BCUT2D eigenvalue weighted by molar-refractivity contribution is -0.125. The minimum Gasteiger partial charge on any atom is -0.346 e. The van der Waals surface area contributed by atoms with Crippen LogP contribution in [0.4, 0.5) is 10.1 Å². The number of rotatable bonds is 7. The monoisotopic (exact) mass is 479 g/mol. The molecule has 0 unspecified atom stereocenters. The van der Waals surface area contributed by atoms with Crippen molar-refractivity contribution in [2.45, 2.75) is 39.5 Å². The van der Waals surface area contributed by atoms with Gasteiger partial charge in [-0.3, -0.25) is 14.5 Å². The SMILES string of the molecule is Cc1cc(C)c(NC(=O)CNC(=O)CN2CCC[C@H](c3nc(-c4ccc(F)cc4)no3)C2)c(C)c1. The molecule has 9 heteroatoms. The highest BCUT2D eigenvalue weighted by atomic mass is 19.1. The number of carbonyl (C=O) groups excluding carboxylic acids is 2. The Morgan fingerprint density at radius 2 is 1.83 bits per heavy atom. The van der Waals surface area contributed by atoms with Gasteiger partial charge in [0.05, 0.1) is 19.0 Å². The van der Waals surface area contributed by atoms with Crippen molar-refractivity contribution >= 4 is 17.5 Å². The van der Waals surface area contributed by atoms with E-state index in [9.17, 15) is 14.0 Å². The molecule has 1 aromatic heterocycles. The molecule has 0 aliphatic carbocycles. The zero-order valence-corrected chi connectivity index (χ0v) is 20.2. The standard InChI is InChI=1S/C26H30FN5O3/c1-16-11-17(2)24(18(3)12-16)29-22(33)13-28-23(34)15-32-10-4-5-20(14-32)26-30-25(31-35-26)19-6-8-21(27)9-7-19/h6-9,11-12,20H,4-5,10,13-15H2,1-3H3,(H,28,34)(H,29,33)/t20-/m0/s1. The first-order chi connectivity index (χ1) is 16.8. The number of anilines is 1. The van der Waals surface area contributed by atoms with Crippen molar-refractivity contribution in [2.75, 3.05) is 31.5 Å². The van der Waals surface area contributed by atoms with Gasteiger partial charge in [-0.25, -0.2) is 4.39 Å². The summed E-state index contributed by atoms with van der Waals surface area (Å²) < 4.78 is 18.6. The molecular formula is C26H30FN5O3. The summed E-state index contributed by atoms with van der Waals surface area (Å²) in [5, 5.41) is 9.63. The van der Waals surface area contributed by atoms with Crippen molar-refractivity contribution in [1.29, 1.82) is 0 Å². The van der Waals surface area contributed by atoms with E-state index in [1.54, 1.807) is 12.1 Å². The molecule has 0 saturated carbocycles. The van der Waals surface area contributed by atoms with Crippen LogP contribution in [-0.4, -0.2) is 53.0 Å². The van der Waals surface area contributed by atoms with Crippen molar-refractivity contribution in [2.24, 2.45) is 0 Å². The molecular weight excluding hydrogens is 449 g/mol. The highest BCUT2D eigenvalue weighted by molar-refractivity contribution is 5.96. The molecule has 0 spiro atoms. The van der Waals surface area contributed by atoms with Crippen LogP contribution >= 0.6 is 0 Å². The van der Waals surface area contributed by atoms with Gasteiger partial charge in [0, 0.05) is 17.8 Å². The number of hydrogen-bond donors (Lipinski definition) is 2. The van der Waals surface area contributed by atoms with Crippen LogP contribution in [-0.2, 0) is 9.59 Å². The molecule has 0 bridgehead atoms. The van der Waals surface area contributed by atoms with E-state index >= 15 is 0 Å². The van der Waals surface area contributed by atoms with E-state index in [1.807, 2.05) is 37.8 Å². The summed E-state index contributed by atoms with van der Waals surface area (Å²) >= 11 is 0. The zero-order chi connectivity index (χ0) is 24.9. The lowest BCUT2D eigenvalue weighted by Crippen LogP contribution is -2.43. The predicted molar refractivity (Wildman–Crippen MR) is 130 cm³/mol. The molecule has 2 heterocycles. The second kappa shape index (κ2) is 10.8. The molecule has 1 atom stereocenters. The van der Waals surface area contributed by atoms with Crippen molar-refractivity contribution in [1.82, 2.24) is 20.4 Å². The normalized spacial score (nSPS) is 16.2. The van der Waals surface area contributed by atoms with E-state index in [2.05, 4.69) is 20.8 Å². The zero-order valence-electron chi connectivity index (χ0n) is 20.2. The van der Waals surface area contributed by atoms with Gasteiger partial charge in [0.2, 0.25) is 23.5 Å². The number of likely N-dealkylation sites (tertiary alicyclic amines) is 1. The first-order valence-electron chi connectivity index (χ1n) is 11.7. The third-order valence-electron chi connectivity index (χ3n) is 6.15. The molecule has 1 aliphatic rings. The van der Waals surface area contributed by atoms with Crippen LogP contribution in [0.3, 0.4) is 0 Å². The molecule has 1 fully saturated rings. The third-order valence-corrected chi connectivity index (χ3v) is 6.15. The average molecular weight is 480 g/mol. The largest absolute Gasteiger partial charge is 0.346 e. The first kappa shape index (κ1) is 24.5. The number of nitrogens with one attached hydrogen (secondary N) is 2. The maximum Gasteiger partial charge on any atom is 0.243 e. The summed E-state index contributed by atoms with van der Waals surface area (Å²) in [4.78, 5) is 31.4. The number of amides is 2. The molecule has 2 aromatic carbocycles. The van der Waals surface area contributed by atoms with Gasteiger partial charge < -0.3 is 15.2 Å². The average Bonchev–Trinajstić information content (AvgIpc) is 3.31. The molecule has 2 amide bonds. The number of halogens is 1. The van der Waals surface area contributed by atoms with Gasteiger partial charge in [-0.15, -0.1) is 0 Å². The van der Waals surface area contributed by atoms with Gasteiger partial charge in [0.25, 0.3) is 0 Å². The maximum absolute atomic E-state index is 13.2. The van der Waals surface area contributed by atoms with Crippen LogP contribution in [0.5, 0.6) is 0 Å². The molecule has 2 N–H and O–H groups in total. The van der Waals surface area contributed by atoms with E-state index in [-0.39, 0.29) is 36.6 Å². The van der Waals surface area contributed by atoms with Crippen LogP contribution in [0.15, 0.2) is 40.9 Å². The molecule has 35 heavy (non-hydrogen) atoms. The molecule has 4 rings (SSSR count). The van der Waals surface area contributed by atoms with E-state index in [0.29, 0.717) is 23.8 Å². The Kier molecular flexibility index (Phi) is 7.55. The number of benzene rings is 2. The molecule has 1 aliphatic heterocycles. The Balaban J connectivity index is 1.27. The molecule has 0 radical (unpaired) electrons. The number of aromatic nitrogens is 2. The molecule has 1 saturated heterocycles. The van der Waals surface area contributed by atoms with Crippen molar-refractivity contribution in [3.8, 4) is 11.4 Å². The fourth-order valence-corrected chi connectivity index (χ4v) is 4.52. The summed E-state index contributed by atoms with van der Waals surface area (Å²) in [6.45, 7) is 7.39. The van der Waals surface area contributed by atoms with Crippen molar-refractivity contribution in [3.63, 3.8) is 0 Å². The van der Waals surface area contributed by atoms with Crippen LogP contribution in [0.2, 0.25) is 0 Å². The number of piperidine rings is 1. The summed E-state index contributed by atoms with van der Waals surface area (Å²) in [5.41, 5.74) is 4.59. The Hall–Kier alpha value is -3.59. The summed E-state index contributed by atoms with van der Waals surface area (Å²) in [6, 6.07) is 9.96. The summed E-state index contributed by atoms with van der Waals surface area (Å²) in [7, 11) is 0. The minimum atomic E-state index is -0.323. The highest BCUT2D eigenvalue weighted by Crippen LogP contribution is 2.27. The van der Waals surface area contributed by atoms with Crippen LogP contribution in [0.25, 0.3) is 11.4 Å². The lowest BCUT2D eigenvalue weighted by atomic mass is 9.98. The highest BCUT2D eigenvalue weighted by Gasteiger charge is 2.27. The van der Waals surface area contributed by atoms with Crippen LogP contribution in [0.1, 0.15) is 41.3 Å². The van der Waals surface area contributed by atoms with Gasteiger partial charge in [-0.2, -0.15) is 4.98 Å². The first-order valence-corrected chi connectivity index (χ1v) is 11.7. The van der Waals surface area contributed by atoms with Gasteiger partial charge in [-0.05, 0) is 75.5 Å². The number of aryl methyl sites for hydroxylation is 3. The predicted octanol–water partition coefficient (Wildman–Crippen LogP) is 3.74. The third kappa shape index (κ3) is 6.30. The fraction of sp³-hybridized carbons (Fsp3) is 0.385. The summed E-state index contributed by atoms with van der Waals surface area (Å²) in [5.74, 6) is 0.142. The smallest absolute Gasteiger partial charge is 0.243 e. The Labute approximate surface area is 203 Å². The topological polar surface area (TPSA) is 100 Å². The van der Waals surface area contributed by atoms with Crippen molar-refractivity contribution < 1.29 is 18.5 Å². The van der Waals surface area contributed by atoms with E-state index in [1.165, 1.54) is 12.1 Å². The lowest BCUT2D eigenvalue weighted by Gasteiger charge is -2.30. The van der Waals surface area contributed by atoms with Crippen LogP contribution in [0, 0.1) is 26.6 Å². The van der Waals surface area contributed by atoms with Crippen molar-refractivity contribution in [3.05, 3.63) is 64.8 Å². The van der Waals surface area contributed by atoms with E-state index < -0.39 is 0 Å². The minimum absolute atomic E-state index is 0.00837. The molecule has 3 aromatic rings. The van der Waals surface area contributed by atoms with E-state index in [4.69, 9.17) is 4.52 Å². The Bertz CT molecular complexity index is 1180. The van der Waals surface area contributed by atoms with Crippen LogP contribution < -0.4 is 10.6 Å².